The van der Waals surface area contributed by atoms with Crippen molar-refractivity contribution in [3.8, 4) is 0 Å². The van der Waals surface area contributed by atoms with Crippen LogP contribution >= 0.6 is 0 Å². The molecular formula is C17H24F4N4O2S. The topological polar surface area (TPSA) is 73.8 Å². The van der Waals surface area contributed by atoms with Crippen molar-refractivity contribution in [1.29, 1.82) is 0 Å². The minimum Gasteiger partial charge on any atom is -0.356 e. The van der Waals surface area contributed by atoms with Gasteiger partial charge in [-0.05, 0) is 42.9 Å². The van der Waals surface area contributed by atoms with E-state index < -0.39 is 15.5 Å². The van der Waals surface area contributed by atoms with E-state index in [0.717, 1.165) is 5.56 Å². The molecule has 1 aromatic carbocycles. The number of nitrogens with one attached hydrogen (secondary N) is 2. The molecule has 0 atom stereocenters. The molecule has 6 nitrogen and oxygen atoms in total. The van der Waals surface area contributed by atoms with Crippen LogP contribution in [0.1, 0.15) is 18.4 Å². The highest BCUT2D eigenvalue weighted by molar-refractivity contribution is 7.90. The molecule has 11 heteroatoms. The molecular weight excluding hydrogens is 400 g/mol. The number of alkyl halides is 3. The van der Waals surface area contributed by atoms with Crippen LogP contribution in [0.5, 0.6) is 0 Å². The fourth-order valence-electron chi connectivity index (χ4n) is 2.98. The predicted molar refractivity (Wildman–Crippen MR) is 98.7 cm³/mol. The fourth-order valence-corrected chi connectivity index (χ4v) is 3.96. The highest BCUT2D eigenvalue weighted by Crippen LogP contribution is 2.30. The maximum absolute atomic E-state index is 13.2. The van der Waals surface area contributed by atoms with E-state index in [-0.39, 0.29) is 24.8 Å². The normalized spacial score (nSPS) is 17.5. The molecule has 158 valence electrons. The van der Waals surface area contributed by atoms with Gasteiger partial charge in [0.15, 0.2) is 5.96 Å². The second-order valence-electron chi connectivity index (χ2n) is 6.55. The van der Waals surface area contributed by atoms with E-state index in [1.165, 1.54) is 12.1 Å². The number of hydrogen-bond acceptors (Lipinski definition) is 3. The molecule has 1 aliphatic rings. The lowest BCUT2D eigenvalue weighted by atomic mass is 9.98. The summed E-state index contributed by atoms with van der Waals surface area (Å²) in [5.41, 5.74) is -4.41. The first-order valence-electron chi connectivity index (χ1n) is 8.89. The lowest BCUT2D eigenvalue weighted by molar-refractivity contribution is -0.0496. The van der Waals surface area contributed by atoms with Gasteiger partial charge in [0.1, 0.15) is 5.82 Å². The number of rotatable bonds is 6. The maximum Gasteiger partial charge on any atom is 0.511 e. The van der Waals surface area contributed by atoms with E-state index in [4.69, 9.17) is 0 Å². The van der Waals surface area contributed by atoms with Crippen LogP contribution in [0.2, 0.25) is 0 Å². The van der Waals surface area contributed by atoms with E-state index in [0.29, 0.717) is 42.6 Å². The molecule has 1 fully saturated rings. The summed E-state index contributed by atoms with van der Waals surface area (Å²) >= 11 is 0. The van der Waals surface area contributed by atoms with Crippen molar-refractivity contribution >= 4 is 16.0 Å². The van der Waals surface area contributed by atoms with Crippen LogP contribution in [-0.2, 0) is 16.4 Å². The SMILES string of the molecule is CN=C(NCCc1cccc(F)c1)NCC1CCN(S(=O)(=O)C(F)(F)F)CC1. The highest BCUT2D eigenvalue weighted by Gasteiger charge is 2.50. The number of hydrogen-bond donors (Lipinski definition) is 2. The molecule has 0 saturated carbocycles. The molecule has 1 saturated heterocycles. The molecule has 28 heavy (non-hydrogen) atoms. The third kappa shape index (κ3) is 6.06. The van der Waals surface area contributed by atoms with Gasteiger partial charge < -0.3 is 10.6 Å². The van der Waals surface area contributed by atoms with Crippen molar-refractivity contribution in [2.45, 2.75) is 24.8 Å². The Bertz CT molecular complexity index is 776. The predicted octanol–water partition coefficient (Wildman–Crippen LogP) is 2.09. The van der Waals surface area contributed by atoms with Crippen molar-refractivity contribution in [1.82, 2.24) is 14.9 Å². The lowest BCUT2D eigenvalue weighted by Crippen LogP contribution is -2.47. The van der Waals surface area contributed by atoms with Crippen LogP contribution in [0.25, 0.3) is 0 Å². The van der Waals surface area contributed by atoms with E-state index in [1.54, 1.807) is 13.1 Å². The van der Waals surface area contributed by atoms with Gasteiger partial charge in [-0.2, -0.15) is 17.5 Å². The van der Waals surface area contributed by atoms with Crippen molar-refractivity contribution in [3.05, 3.63) is 35.6 Å². The molecule has 2 rings (SSSR count). The van der Waals surface area contributed by atoms with E-state index in [2.05, 4.69) is 15.6 Å². The van der Waals surface area contributed by atoms with Gasteiger partial charge in [0, 0.05) is 33.2 Å². The van der Waals surface area contributed by atoms with Crippen molar-refractivity contribution in [3.63, 3.8) is 0 Å². The second kappa shape index (κ2) is 9.55. The van der Waals surface area contributed by atoms with Crippen LogP contribution in [0.15, 0.2) is 29.3 Å². The van der Waals surface area contributed by atoms with Crippen molar-refractivity contribution < 1.29 is 26.0 Å². The van der Waals surface area contributed by atoms with Crippen LogP contribution < -0.4 is 10.6 Å². The van der Waals surface area contributed by atoms with Gasteiger partial charge >= 0.3 is 15.5 Å². The Morgan fingerprint density at radius 3 is 2.50 bits per heavy atom. The van der Waals surface area contributed by atoms with Gasteiger partial charge in [-0.25, -0.2) is 12.8 Å². The van der Waals surface area contributed by atoms with Gasteiger partial charge in [-0.15, -0.1) is 0 Å². The Hall–Kier alpha value is -1.88. The van der Waals surface area contributed by atoms with Crippen LogP contribution in [0.3, 0.4) is 0 Å². The Morgan fingerprint density at radius 2 is 1.93 bits per heavy atom. The standard InChI is InChI=1S/C17H24F4N4O2S/c1-22-16(23-8-5-13-3-2-4-15(18)11-13)24-12-14-6-9-25(10-7-14)28(26,27)17(19,20)21/h2-4,11,14H,5-10,12H2,1H3,(H2,22,23,24). The van der Waals surface area contributed by atoms with Crippen LogP contribution in [0, 0.1) is 11.7 Å². The zero-order chi connectivity index (χ0) is 20.8. The smallest absolute Gasteiger partial charge is 0.356 e. The summed E-state index contributed by atoms with van der Waals surface area (Å²) in [7, 11) is -3.66. The van der Waals surface area contributed by atoms with Crippen molar-refractivity contribution in [2.24, 2.45) is 10.9 Å². The Labute approximate surface area is 162 Å². The average molecular weight is 424 g/mol. The average Bonchev–Trinajstić information content (AvgIpc) is 2.64. The number of halogens is 4. The zero-order valence-electron chi connectivity index (χ0n) is 15.5. The number of sulfonamides is 1. The highest BCUT2D eigenvalue weighted by atomic mass is 32.2. The van der Waals surface area contributed by atoms with Gasteiger partial charge in [0.25, 0.3) is 0 Å². The Morgan fingerprint density at radius 1 is 1.25 bits per heavy atom. The third-order valence-corrected chi connectivity index (χ3v) is 6.21. The molecule has 0 aromatic heterocycles. The summed E-state index contributed by atoms with van der Waals surface area (Å²) < 4.78 is 74.3. The molecule has 0 unspecified atom stereocenters. The Kier molecular flexibility index (Phi) is 7.64. The van der Waals surface area contributed by atoms with Gasteiger partial charge in [-0.1, -0.05) is 12.1 Å². The first-order valence-corrected chi connectivity index (χ1v) is 10.3. The van der Waals surface area contributed by atoms with Crippen molar-refractivity contribution in [2.75, 3.05) is 33.2 Å². The number of guanidine groups is 1. The second-order valence-corrected chi connectivity index (χ2v) is 8.48. The molecule has 2 N–H and O–H groups in total. The largest absolute Gasteiger partial charge is 0.511 e. The monoisotopic (exact) mass is 424 g/mol. The first-order chi connectivity index (χ1) is 13.1. The molecule has 0 bridgehead atoms. The molecule has 0 amide bonds. The van der Waals surface area contributed by atoms with Crippen LogP contribution in [0.4, 0.5) is 17.6 Å². The number of nitrogens with zero attached hydrogens (tertiary/aromatic N) is 2. The van der Waals surface area contributed by atoms with E-state index >= 15 is 0 Å². The number of piperidine rings is 1. The maximum atomic E-state index is 13.2. The first kappa shape index (κ1) is 22.4. The summed E-state index contributed by atoms with van der Waals surface area (Å²) in [5.74, 6) is 0.280. The van der Waals surface area contributed by atoms with Gasteiger partial charge in [0.2, 0.25) is 0 Å². The minimum absolute atomic E-state index is 0.0430. The fraction of sp³-hybridized carbons (Fsp3) is 0.588. The molecule has 0 spiro atoms. The summed E-state index contributed by atoms with van der Waals surface area (Å²) in [6.45, 7) is 0.699. The molecule has 0 radical (unpaired) electrons. The van der Waals surface area contributed by atoms with Gasteiger partial charge in [-0.3, -0.25) is 4.99 Å². The number of benzene rings is 1. The molecule has 1 aliphatic heterocycles. The van der Waals surface area contributed by atoms with Gasteiger partial charge in [0.05, 0.1) is 0 Å². The summed E-state index contributed by atoms with van der Waals surface area (Å²) in [6.07, 6.45) is 1.28. The number of aliphatic imine (C=N–C) groups is 1. The Balaban J connectivity index is 1.73. The summed E-state index contributed by atoms with van der Waals surface area (Å²) in [6, 6.07) is 6.30. The lowest BCUT2D eigenvalue weighted by Gasteiger charge is -2.31. The minimum atomic E-state index is -5.26. The van der Waals surface area contributed by atoms with E-state index in [9.17, 15) is 26.0 Å². The van der Waals surface area contributed by atoms with E-state index in [1.807, 2.05) is 6.07 Å². The summed E-state index contributed by atoms with van der Waals surface area (Å²) in [5, 5.41) is 6.19. The molecule has 1 heterocycles. The zero-order valence-corrected chi connectivity index (χ0v) is 16.3. The molecule has 1 aromatic rings. The third-order valence-electron chi connectivity index (χ3n) is 4.58. The quantitative estimate of drug-likeness (QED) is 0.417. The van der Waals surface area contributed by atoms with Crippen LogP contribution in [-0.4, -0.2) is 57.4 Å². The molecule has 0 aliphatic carbocycles. The summed E-state index contributed by atoms with van der Waals surface area (Å²) in [4.78, 5) is 4.07.